The van der Waals surface area contributed by atoms with Crippen LogP contribution >= 0.6 is 0 Å². The Morgan fingerprint density at radius 1 is 1.25 bits per heavy atom. The number of methoxy groups -OCH3 is 1. The van der Waals surface area contributed by atoms with Gasteiger partial charge < -0.3 is 14.2 Å². The van der Waals surface area contributed by atoms with Gasteiger partial charge >= 0.3 is 0 Å². The fraction of sp³-hybridized carbons (Fsp3) is 0.364. The lowest BCUT2D eigenvalue weighted by Crippen LogP contribution is -2.67. The van der Waals surface area contributed by atoms with Crippen LogP contribution in [0.25, 0.3) is 11.4 Å². The van der Waals surface area contributed by atoms with Crippen LogP contribution in [-0.2, 0) is 21.1 Å². The maximum atomic E-state index is 13.0. The summed E-state index contributed by atoms with van der Waals surface area (Å²) in [5, 5.41) is 4.03. The quantitative estimate of drug-likeness (QED) is 0.574. The summed E-state index contributed by atoms with van der Waals surface area (Å²) in [6.45, 7) is 0.269. The van der Waals surface area contributed by atoms with Crippen LogP contribution in [0, 0.1) is 0 Å². The van der Waals surface area contributed by atoms with Crippen molar-refractivity contribution >= 4 is 15.7 Å². The summed E-state index contributed by atoms with van der Waals surface area (Å²) in [6, 6.07) is 10.8. The van der Waals surface area contributed by atoms with Gasteiger partial charge in [-0.2, -0.15) is 4.98 Å². The number of aromatic nitrogens is 3. The van der Waals surface area contributed by atoms with Crippen LogP contribution in [0.4, 0.5) is 0 Å². The third-order valence-corrected chi connectivity index (χ3v) is 8.92. The molecule has 2 aliphatic rings. The van der Waals surface area contributed by atoms with Crippen molar-refractivity contribution in [2.24, 2.45) is 0 Å². The summed E-state index contributed by atoms with van der Waals surface area (Å²) in [5.74, 6) is 0.868. The molecule has 0 saturated carbocycles. The molecule has 2 fully saturated rings. The molecule has 1 aromatic carbocycles. The van der Waals surface area contributed by atoms with Crippen molar-refractivity contribution in [2.45, 2.75) is 23.5 Å². The molecular formula is C22H22N4O5S. The number of carbonyl (C=O) groups is 1. The molecule has 1 unspecified atom stereocenters. The second kappa shape index (κ2) is 7.70. The third kappa shape index (κ3) is 3.35. The van der Waals surface area contributed by atoms with Crippen molar-refractivity contribution < 1.29 is 22.5 Å². The van der Waals surface area contributed by atoms with Crippen LogP contribution in [0.5, 0.6) is 5.75 Å². The van der Waals surface area contributed by atoms with Crippen molar-refractivity contribution in [2.75, 3.05) is 26.0 Å². The summed E-state index contributed by atoms with van der Waals surface area (Å²) in [5.41, 5.74) is 1.56. The number of sulfone groups is 1. The van der Waals surface area contributed by atoms with E-state index in [1.807, 2.05) is 24.3 Å². The molecule has 0 bridgehead atoms. The van der Waals surface area contributed by atoms with E-state index in [0.29, 0.717) is 23.9 Å². The monoisotopic (exact) mass is 454 g/mol. The van der Waals surface area contributed by atoms with E-state index in [1.165, 1.54) is 0 Å². The molecule has 5 rings (SSSR count). The zero-order valence-corrected chi connectivity index (χ0v) is 18.3. The molecule has 1 spiro atoms. The zero-order chi connectivity index (χ0) is 22.3. The van der Waals surface area contributed by atoms with Gasteiger partial charge in [-0.15, -0.1) is 0 Å². The summed E-state index contributed by atoms with van der Waals surface area (Å²) >= 11 is 0. The Hall–Kier alpha value is -3.27. The smallest absolute Gasteiger partial charge is 0.231 e. The number of benzene rings is 1. The predicted molar refractivity (Wildman–Crippen MR) is 115 cm³/mol. The van der Waals surface area contributed by atoms with E-state index in [9.17, 15) is 13.2 Å². The number of likely N-dealkylation sites (tertiary alicyclic amines) is 1. The second-order valence-corrected chi connectivity index (χ2v) is 10.6. The van der Waals surface area contributed by atoms with Crippen LogP contribution in [0.3, 0.4) is 0 Å². The zero-order valence-electron chi connectivity index (χ0n) is 17.5. The maximum Gasteiger partial charge on any atom is 0.231 e. The van der Waals surface area contributed by atoms with E-state index in [1.54, 1.807) is 36.5 Å². The highest BCUT2D eigenvalue weighted by Crippen LogP contribution is 2.49. The van der Waals surface area contributed by atoms with E-state index >= 15 is 0 Å². The largest absolute Gasteiger partial charge is 0.497 e. The number of carbonyl (C=O) groups excluding carboxylic acids is 1. The standard InChI is InChI=1S/C22H22N4O5S/c1-30-17-4-2-3-15(11-17)12-19(27)26-13-22(14-26)18(7-10-32(22,28)29)21-24-20(25-31-21)16-5-8-23-9-6-16/h2-6,8-9,11,18H,7,10,12-14H2,1H3. The molecule has 3 aromatic rings. The molecule has 2 aromatic heterocycles. The Morgan fingerprint density at radius 2 is 2.03 bits per heavy atom. The number of amides is 1. The van der Waals surface area contributed by atoms with Crippen molar-refractivity contribution in [1.29, 1.82) is 0 Å². The molecule has 0 N–H and O–H groups in total. The third-order valence-electron chi connectivity index (χ3n) is 6.37. The Bertz CT molecular complexity index is 1250. The number of hydrogen-bond acceptors (Lipinski definition) is 8. The van der Waals surface area contributed by atoms with E-state index in [0.717, 1.165) is 11.1 Å². The van der Waals surface area contributed by atoms with Gasteiger partial charge in [-0.1, -0.05) is 17.3 Å². The first-order valence-electron chi connectivity index (χ1n) is 10.3. The molecule has 9 nitrogen and oxygen atoms in total. The van der Waals surface area contributed by atoms with Crippen LogP contribution in [0.2, 0.25) is 0 Å². The molecule has 1 atom stereocenters. The molecule has 2 aliphatic heterocycles. The van der Waals surface area contributed by atoms with Crippen molar-refractivity contribution in [3.05, 3.63) is 60.2 Å². The van der Waals surface area contributed by atoms with Gasteiger partial charge in [0.25, 0.3) is 0 Å². The highest BCUT2D eigenvalue weighted by atomic mass is 32.2. The molecule has 4 heterocycles. The Kier molecular flexibility index (Phi) is 4.96. The maximum absolute atomic E-state index is 13.0. The lowest BCUT2D eigenvalue weighted by Gasteiger charge is -2.49. The topological polar surface area (TPSA) is 115 Å². The number of hydrogen-bond donors (Lipinski definition) is 0. The number of ether oxygens (including phenoxy) is 1. The fourth-order valence-electron chi connectivity index (χ4n) is 4.56. The number of nitrogens with zero attached hydrogens (tertiary/aromatic N) is 4. The average Bonchev–Trinajstić information content (AvgIpc) is 3.35. The van der Waals surface area contributed by atoms with E-state index in [4.69, 9.17) is 9.26 Å². The minimum atomic E-state index is -3.40. The van der Waals surface area contributed by atoms with Crippen molar-refractivity contribution in [1.82, 2.24) is 20.0 Å². The first kappa shape index (κ1) is 20.6. The van der Waals surface area contributed by atoms with Crippen LogP contribution < -0.4 is 4.74 Å². The highest BCUT2D eigenvalue weighted by Gasteiger charge is 2.64. The summed E-state index contributed by atoms with van der Waals surface area (Å²) in [7, 11) is -1.83. The van der Waals surface area contributed by atoms with Crippen LogP contribution in [0.1, 0.15) is 23.8 Å². The second-order valence-electron chi connectivity index (χ2n) is 8.20. The van der Waals surface area contributed by atoms with Gasteiger partial charge in [-0.25, -0.2) is 8.42 Å². The first-order valence-corrected chi connectivity index (χ1v) is 11.9. The first-order chi connectivity index (χ1) is 15.4. The molecule has 0 radical (unpaired) electrons. The Labute approximate surface area is 185 Å². The van der Waals surface area contributed by atoms with Gasteiger partial charge in [0, 0.05) is 31.0 Å². The molecular weight excluding hydrogens is 432 g/mol. The molecule has 2 saturated heterocycles. The van der Waals surface area contributed by atoms with Crippen molar-refractivity contribution in [3.8, 4) is 17.1 Å². The normalized spacial score (nSPS) is 20.8. The van der Waals surface area contributed by atoms with Crippen molar-refractivity contribution in [3.63, 3.8) is 0 Å². The van der Waals surface area contributed by atoms with Gasteiger partial charge in [0.2, 0.25) is 17.6 Å². The lowest BCUT2D eigenvalue weighted by molar-refractivity contribution is -0.136. The number of rotatable bonds is 5. The Balaban J connectivity index is 1.34. The van der Waals surface area contributed by atoms with Gasteiger partial charge in [0.05, 0.1) is 25.2 Å². The van der Waals surface area contributed by atoms with E-state index in [2.05, 4.69) is 15.1 Å². The SMILES string of the molecule is COc1cccc(CC(=O)N2CC3(C2)C(c2nc(-c4ccncc4)no2)CCS3(=O)=O)c1. The van der Waals surface area contributed by atoms with Gasteiger partial charge in [-0.3, -0.25) is 9.78 Å². The lowest BCUT2D eigenvalue weighted by atomic mass is 9.82. The predicted octanol–water partition coefficient (Wildman–Crippen LogP) is 1.87. The van der Waals surface area contributed by atoms with E-state index < -0.39 is 20.5 Å². The minimum Gasteiger partial charge on any atom is -0.497 e. The Morgan fingerprint density at radius 3 is 2.78 bits per heavy atom. The average molecular weight is 455 g/mol. The van der Waals surface area contributed by atoms with Crippen LogP contribution in [-0.4, -0.2) is 65.0 Å². The molecule has 166 valence electrons. The highest BCUT2D eigenvalue weighted by molar-refractivity contribution is 7.93. The summed E-state index contributed by atoms with van der Waals surface area (Å²) < 4.78 is 35.6. The van der Waals surface area contributed by atoms with Crippen LogP contribution in [0.15, 0.2) is 53.3 Å². The molecule has 0 aliphatic carbocycles. The van der Waals surface area contributed by atoms with Gasteiger partial charge in [-0.05, 0) is 36.2 Å². The van der Waals surface area contributed by atoms with E-state index in [-0.39, 0.29) is 31.2 Å². The molecule has 10 heteroatoms. The summed E-state index contributed by atoms with van der Waals surface area (Å²) in [6.07, 6.45) is 3.85. The fourth-order valence-corrected chi connectivity index (χ4v) is 6.87. The number of pyridine rings is 1. The molecule has 32 heavy (non-hydrogen) atoms. The van der Waals surface area contributed by atoms with Gasteiger partial charge in [0.1, 0.15) is 10.5 Å². The minimum absolute atomic E-state index is 0.0442. The summed E-state index contributed by atoms with van der Waals surface area (Å²) in [4.78, 5) is 22.9. The van der Waals surface area contributed by atoms with Gasteiger partial charge in [0.15, 0.2) is 9.84 Å². The molecule has 1 amide bonds.